The minimum absolute atomic E-state index is 0.0113. The molecule has 2 aliphatic heterocycles. The average molecular weight is 276 g/mol. The third-order valence-corrected chi connectivity index (χ3v) is 5.51. The van der Waals surface area contributed by atoms with Gasteiger partial charge in [-0.2, -0.15) is 4.31 Å². The maximum atomic E-state index is 12.4. The number of piperidine rings is 1. The molecule has 2 rings (SSSR count). The van der Waals surface area contributed by atoms with Gasteiger partial charge in [0.05, 0.1) is 18.0 Å². The number of ether oxygens (including phenoxy) is 1. The van der Waals surface area contributed by atoms with Gasteiger partial charge in [0.2, 0.25) is 10.0 Å². The van der Waals surface area contributed by atoms with E-state index in [1.807, 2.05) is 13.8 Å². The SMILES string of the molecule is C[C@@H]1CN(S(=O)(=O)CC2CCCCN2)C[C@H](C)O1. The van der Waals surface area contributed by atoms with Crippen LogP contribution in [0.3, 0.4) is 0 Å². The van der Waals surface area contributed by atoms with Gasteiger partial charge in [0.1, 0.15) is 0 Å². The van der Waals surface area contributed by atoms with E-state index in [0.717, 1.165) is 25.8 Å². The normalized spacial score (nSPS) is 35.6. The van der Waals surface area contributed by atoms with Crippen molar-refractivity contribution in [2.24, 2.45) is 0 Å². The first-order chi connectivity index (χ1) is 8.47. The van der Waals surface area contributed by atoms with Crippen molar-refractivity contribution in [2.75, 3.05) is 25.4 Å². The topological polar surface area (TPSA) is 58.6 Å². The molecule has 0 spiro atoms. The first-order valence-corrected chi connectivity index (χ1v) is 8.45. The van der Waals surface area contributed by atoms with E-state index in [4.69, 9.17) is 4.74 Å². The minimum Gasteiger partial charge on any atom is -0.373 e. The molecule has 0 aromatic heterocycles. The second-order valence-corrected chi connectivity index (χ2v) is 7.51. The quantitative estimate of drug-likeness (QED) is 0.818. The first kappa shape index (κ1) is 14.2. The standard InChI is InChI=1S/C12H24N2O3S/c1-10-7-14(8-11(2)17-10)18(15,16)9-12-5-3-4-6-13-12/h10-13H,3-9H2,1-2H3/t10-,11+,12?. The Balaban J connectivity index is 1.96. The van der Waals surface area contributed by atoms with Crippen molar-refractivity contribution in [1.82, 2.24) is 9.62 Å². The van der Waals surface area contributed by atoms with Crippen LogP contribution in [0.1, 0.15) is 33.1 Å². The Kier molecular flexibility index (Phi) is 4.64. The molecule has 6 heteroatoms. The Bertz CT molecular complexity index is 356. The largest absolute Gasteiger partial charge is 0.373 e. The molecule has 0 saturated carbocycles. The molecular weight excluding hydrogens is 252 g/mol. The summed E-state index contributed by atoms with van der Waals surface area (Å²) in [4.78, 5) is 0. The summed E-state index contributed by atoms with van der Waals surface area (Å²) in [6.07, 6.45) is 3.23. The van der Waals surface area contributed by atoms with Crippen LogP contribution in [0.25, 0.3) is 0 Å². The Morgan fingerprint density at radius 2 is 1.89 bits per heavy atom. The molecule has 0 aromatic rings. The average Bonchev–Trinajstić information content (AvgIpc) is 2.28. The van der Waals surface area contributed by atoms with Crippen molar-refractivity contribution in [2.45, 2.75) is 51.4 Å². The fraction of sp³-hybridized carbons (Fsp3) is 1.00. The highest BCUT2D eigenvalue weighted by atomic mass is 32.2. The van der Waals surface area contributed by atoms with Crippen LogP contribution in [0.5, 0.6) is 0 Å². The summed E-state index contributed by atoms with van der Waals surface area (Å²) in [6.45, 7) is 5.77. The van der Waals surface area contributed by atoms with Crippen molar-refractivity contribution in [1.29, 1.82) is 0 Å². The number of nitrogens with one attached hydrogen (secondary N) is 1. The van der Waals surface area contributed by atoms with E-state index in [1.165, 1.54) is 0 Å². The fourth-order valence-electron chi connectivity index (χ4n) is 2.78. The van der Waals surface area contributed by atoms with E-state index in [0.29, 0.717) is 13.1 Å². The van der Waals surface area contributed by atoms with Gasteiger partial charge in [0.25, 0.3) is 0 Å². The molecular formula is C12H24N2O3S. The summed E-state index contributed by atoms with van der Waals surface area (Å²) < 4.78 is 31.9. The molecule has 0 bridgehead atoms. The van der Waals surface area contributed by atoms with E-state index in [1.54, 1.807) is 4.31 Å². The summed E-state index contributed by atoms with van der Waals surface area (Å²) in [5.41, 5.74) is 0. The van der Waals surface area contributed by atoms with Gasteiger partial charge in [0, 0.05) is 19.1 Å². The zero-order valence-corrected chi connectivity index (χ0v) is 12.1. The lowest BCUT2D eigenvalue weighted by atomic mass is 10.1. The molecule has 5 nitrogen and oxygen atoms in total. The lowest BCUT2D eigenvalue weighted by molar-refractivity contribution is -0.0441. The molecule has 0 radical (unpaired) electrons. The highest BCUT2D eigenvalue weighted by Gasteiger charge is 2.32. The van der Waals surface area contributed by atoms with Crippen molar-refractivity contribution in [3.8, 4) is 0 Å². The van der Waals surface area contributed by atoms with Crippen LogP contribution in [0.15, 0.2) is 0 Å². The maximum Gasteiger partial charge on any atom is 0.215 e. The molecule has 3 atom stereocenters. The number of hydrogen-bond donors (Lipinski definition) is 1. The molecule has 18 heavy (non-hydrogen) atoms. The Morgan fingerprint density at radius 3 is 2.44 bits per heavy atom. The third kappa shape index (κ3) is 3.66. The van der Waals surface area contributed by atoms with E-state index in [9.17, 15) is 8.42 Å². The fourth-order valence-corrected chi connectivity index (χ4v) is 4.66. The zero-order chi connectivity index (χ0) is 13.2. The number of rotatable bonds is 3. The van der Waals surface area contributed by atoms with E-state index < -0.39 is 10.0 Å². The lowest BCUT2D eigenvalue weighted by Gasteiger charge is -2.35. The van der Waals surface area contributed by atoms with Crippen LogP contribution in [0.4, 0.5) is 0 Å². The number of nitrogens with zero attached hydrogens (tertiary/aromatic N) is 1. The Hall–Kier alpha value is -0.170. The molecule has 1 unspecified atom stereocenters. The highest BCUT2D eigenvalue weighted by Crippen LogP contribution is 2.17. The van der Waals surface area contributed by atoms with Crippen LogP contribution < -0.4 is 5.32 Å². The maximum absolute atomic E-state index is 12.4. The van der Waals surface area contributed by atoms with Gasteiger partial charge >= 0.3 is 0 Å². The van der Waals surface area contributed by atoms with E-state index in [-0.39, 0.29) is 24.0 Å². The number of sulfonamides is 1. The predicted molar refractivity (Wildman–Crippen MR) is 71.0 cm³/mol. The number of hydrogen-bond acceptors (Lipinski definition) is 4. The molecule has 0 aliphatic carbocycles. The molecule has 1 N–H and O–H groups in total. The molecule has 2 heterocycles. The van der Waals surface area contributed by atoms with Crippen molar-refractivity contribution >= 4 is 10.0 Å². The van der Waals surface area contributed by atoms with Gasteiger partial charge < -0.3 is 10.1 Å². The summed E-state index contributed by atoms with van der Waals surface area (Å²) in [5.74, 6) is 0.229. The van der Waals surface area contributed by atoms with E-state index in [2.05, 4.69) is 5.32 Å². The summed E-state index contributed by atoms with van der Waals surface area (Å²) >= 11 is 0. The zero-order valence-electron chi connectivity index (χ0n) is 11.3. The predicted octanol–water partition coefficient (Wildman–Crippen LogP) is 0.567. The van der Waals surface area contributed by atoms with Gasteiger partial charge in [-0.05, 0) is 33.2 Å². The summed E-state index contributed by atoms with van der Waals surface area (Å²) in [6, 6.07) is 0.122. The molecule has 0 amide bonds. The van der Waals surface area contributed by atoms with Gasteiger partial charge in [-0.25, -0.2) is 8.42 Å². The monoisotopic (exact) mass is 276 g/mol. The highest BCUT2D eigenvalue weighted by molar-refractivity contribution is 7.89. The summed E-state index contributed by atoms with van der Waals surface area (Å²) in [7, 11) is -3.16. The van der Waals surface area contributed by atoms with Gasteiger partial charge in [-0.15, -0.1) is 0 Å². The van der Waals surface area contributed by atoms with E-state index >= 15 is 0 Å². The van der Waals surface area contributed by atoms with Gasteiger partial charge in [-0.3, -0.25) is 0 Å². The second-order valence-electron chi connectivity index (χ2n) is 5.50. The molecule has 2 fully saturated rings. The van der Waals surface area contributed by atoms with Crippen molar-refractivity contribution in [3.05, 3.63) is 0 Å². The first-order valence-electron chi connectivity index (χ1n) is 6.84. The van der Waals surface area contributed by atoms with Crippen molar-refractivity contribution < 1.29 is 13.2 Å². The Labute approximate surface area is 110 Å². The smallest absolute Gasteiger partial charge is 0.215 e. The van der Waals surface area contributed by atoms with Crippen LogP contribution in [0.2, 0.25) is 0 Å². The van der Waals surface area contributed by atoms with Gasteiger partial charge in [-0.1, -0.05) is 6.42 Å². The molecule has 2 saturated heterocycles. The van der Waals surface area contributed by atoms with Crippen LogP contribution in [0, 0.1) is 0 Å². The molecule has 106 valence electrons. The third-order valence-electron chi connectivity index (χ3n) is 3.60. The van der Waals surface area contributed by atoms with Crippen molar-refractivity contribution in [3.63, 3.8) is 0 Å². The molecule has 2 aliphatic rings. The van der Waals surface area contributed by atoms with Crippen LogP contribution >= 0.6 is 0 Å². The van der Waals surface area contributed by atoms with Gasteiger partial charge in [0.15, 0.2) is 0 Å². The number of morpholine rings is 1. The minimum atomic E-state index is -3.16. The lowest BCUT2D eigenvalue weighted by Crippen LogP contribution is -2.51. The second kappa shape index (κ2) is 5.86. The van der Waals surface area contributed by atoms with Crippen LogP contribution in [-0.2, 0) is 14.8 Å². The summed E-state index contributed by atoms with van der Waals surface area (Å²) in [5, 5.41) is 3.30. The van der Waals surface area contributed by atoms with Crippen LogP contribution in [-0.4, -0.2) is 56.4 Å². The molecule has 0 aromatic carbocycles. The Morgan fingerprint density at radius 1 is 1.22 bits per heavy atom.